The van der Waals surface area contributed by atoms with E-state index in [1.54, 1.807) is 0 Å². The van der Waals surface area contributed by atoms with Gasteiger partial charge >= 0.3 is 0 Å². The van der Waals surface area contributed by atoms with Crippen LogP contribution in [-0.2, 0) is 0 Å². The molecule has 0 aliphatic heterocycles. The summed E-state index contributed by atoms with van der Waals surface area (Å²) in [5, 5.41) is 6.07. The van der Waals surface area contributed by atoms with Crippen molar-refractivity contribution in [1.82, 2.24) is 14.0 Å². The Morgan fingerprint density at radius 2 is 0.896 bits per heavy atom. The molecule has 0 fully saturated rings. The third-order valence-corrected chi connectivity index (χ3v) is 9.69. The number of hydrogen-bond acceptors (Lipinski definition) is 1. The maximum atomic E-state index is 5.49. The summed E-state index contributed by atoms with van der Waals surface area (Å²) in [5.74, 6) is 0.938. The van der Waals surface area contributed by atoms with Crippen LogP contribution in [0.4, 0.5) is 0 Å². The van der Waals surface area contributed by atoms with Crippen molar-refractivity contribution in [2.45, 2.75) is 0 Å². The summed E-state index contributed by atoms with van der Waals surface area (Å²) in [4.78, 5) is 5.49. The van der Waals surface area contributed by atoms with Crippen molar-refractivity contribution in [3.63, 3.8) is 0 Å². The first kappa shape index (κ1) is 26.7. The Morgan fingerprint density at radius 1 is 0.354 bits per heavy atom. The monoisotopic (exact) mass is 611 g/mol. The van der Waals surface area contributed by atoms with Gasteiger partial charge in [-0.3, -0.25) is 4.40 Å². The first-order valence-corrected chi connectivity index (χ1v) is 16.4. The van der Waals surface area contributed by atoms with Gasteiger partial charge in [0.1, 0.15) is 5.82 Å². The predicted molar refractivity (Wildman–Crippen MR) is 201 cm³/mol. The second-order valence-corrected chi connectivity index (χ2v) is 12.4. The molecule has 48 heavy (non-hydrogen) atoms. The van der Waals surface area contributed by atoms with E-state index >= 15 is 0 Å². The number of rotatable bonds is 4. The number of nitrogens with zero attached hydrogens (tertiary/aromatic N) is 3. The Labute approximate surface area is 277 Å². The number of hydrogen-bond donors (Lipinski definition) is 0. The molecule has 0 bridgehead atoms. The highest BCUT2D eigenvalue weighted by Crippen LogP contribution is 2.42. The van der Waals surface area contributed by atoms with Crippen LogP contribution >= 0.6 is 0 Å². The highest BCUT2D eigenvalue weighted by Gasteiger charge is 2.22. The summed E-state index contributed by atoms with van der Waals surface area (Å²) in [6.45, 7) is 0. The van der Waals surface area contributed by atoms with Crippen molar-refractivity contribution >= 4 is 49.0 Å². The number of pyridine rings is 1. The van der Waals surface area contributed by atoms with Crippen LogP contribution in [0, 0.1) is 0 Å². The Morgan fingerprint density at radius 3 is 1.60 bits per heavy atom. The normalized spacial score (nSPS) is 11.8. The smallest absolute Gasteiger partial charge is 0.145 e. The molecule has 10 rings (SSSR count). The molecule has 224 valence electrons. The fourth-order valence-electron chi connectivity index (χ4n) is 7.52. The fourth-order valence-corrected chi connectivity index (χ4v) is 7.52. The molecule has 0 aliphatic carbocycles. The molecule has 0 unspecified atom stereocenters. The van der Waals surface area contributed by atoms with Gasteiger partial charge in [0.25, 0.3) is 0 Å². The number of imidazole rings is 1. The van der Waals surface area contributed by atoms with Gasteiger partial charge in [0.15, 0.2) is 0 Å². The fraction of sp³-hybridized carbons (Fsp3) is 0. The molecule has 10 aromatic rings. The molecule has 0 N–H and O–H groups in total. The van der Waals surface area contributed by atoms with E-state index in [2.05, 4.69) is 185 Å². The summed E-state index contributed by atoms with van der Waals surface area (Å²) >= 11 is 0. The van der Waals surface area contributed by atoms with Crippen LogP contribution in [0.2, 0.25) is 0 Å². The third kappa shape index (κ3) is 3.98. The van der Waals surface area contributed by atoms with Gasteiger partial charge in [-0.05, 0) is 52.9 Å². The van der Waals surface area contributed by atoms with Crippen molar-refractivity contribution in [3.8, 4) is 39.5 Å². The zero-order chi connectivity index (χ0) is 31.6. The first-order valence-electron chi connectivity index (χ1n) is 16.4. The Balaban J connectivity index is 1.35. The summed E-state index contributed by atoms with van der Waals surface area (Å²) in [7, 11) is 0. The van der Waals surface area contributed by atoms with Gasteiger partial charge in [-0.2, -0.15) is 0 Å². The van der Waals surface area contributed by atoms with E-state index in [1.165, 1.54) is 49.1 Å². The van der Waals surface area contributed by atoms with Crippen LogP contribution < -0.4 is 0 Å². The van der Waals surface area contributed by atoms with Crippen LogP contribution in [0.1, 0.15) is 0 Å². The van der Waals surface area contributed by atoms with E-state index in [-0.39, 0.29) is 0 Å². The van der Waals surface area contributed by atoms with Crippen molar-refractivity contribution in [2.24, 2.45) is 0 Å². The topological polar surface area (TPSA) is 22.2 Å². The molecule has 0 radical (unpaired) electrons. The number of fused-ring (bicyclic) bond motifs is 9. The molecular weight excluding hydrogens is 583 g/mol. The Kier molecular flexibility index (Phi) is 5.87. The lowest BCUT2D eigenvalue weighted by atomic mass is 9.99. The second kappa shape index (κ2) is 10.5. The highest BCUT2D eigenvalue weighted by atomic mass is 15.0. The average molecular weight is 612 g/mol. The van der Waals surface area contributed by atoms with Gasteiger partial charge in [-0.1, -0.05) is 140 Å². The van der Waals surface area contributed by atoms with Gasteiger partial charge in [-0.25, -0.2) is 4.98 Å². The maximum absolute atomic E-state index is 5.49. The lowest BCUT2D eigenvalue weighted by Gasteiger charge is -2.13. The molecule has 7 aromatic carbocycles. The molecule has 3 nitrogen and oxygen atoms in total. The largest absolute Gasteiger partial charge is 0.309 e. The zero-order valence-electron chi connectivity index (χ0n) is 26.1. The average Bonchev–Trinajstić information content (AvgIpc) is 3.72. The van der Waals surface area contributed by atoms with Crippen LogP contribution in [0.25, 0.3) is 88.5 Å². The molecule has 0 saturated heterocycles. The lowest BCUT2D eigenvalue weighted by molar-refractivity contribution is 1.18. The van der Waals surface area contributed by atoms with E-state index in [0.717, 1.165) is 39.4 Å². The van der Waals surface area contributed by atoms with Gasteiger partial charge in [-0.15, -0.1) is 0 Å². The lowest BCUT2D eigenvalue weighted by Crippen LogP contribution is -1.96. The van der Waals surface area contributed by atoms with Crippen molar-refractivity contribution < 1.29 is 0 Å². The van der Waals surface area contributed by atoms with E-state index in [1.807, 2.05) is 0 Å². The zero-order valence-corrected chi connectivity index (χ0v) is 26.1. The summed E-state index contributed by atoms with van der Waals surface area (Å²) in [6, 6.07) is 63.0. The number of para-hydroxylation sites is 3. The second-order valence-electron chi connectivity index (χ2n) is 12.4. The summed E-state index contributed by atoms with van der Waals surface area (Å²) < 4.78 is 4.79. The van der Waals surface area contributed by atoms with Gasteiger partial charge in [0, 0.05) is 38.4 Å². The van der Waals surface area contributed by atoms with Gasteiger partial charge in [0.2, 0.25) is 0 Å². The molecule has 0 atom stereocenters. The third-order valence-electron chi connectivity index (χ3n) is 9.69. The molecule has 0 spiro atoms. The van der Waals surface area contributed by atoms with E-state index in [4.69, 9.17) is 4.98 Å². The minimum atomic E-state index is 0.938. The Hall–Kier alpha value is -6.45. The molecule has 0 aliphatic rings. The minimum Gasteiger partial charge on any atom is -0.309 e. The predicted octanol–water partition coefficient (Wildman–Crippen LogP) is 11.7. The van der Waals surface area contributed by atoms with Gasteiger partial charge in [0.05, 0.1) is 27.8 Å². The van der Waals surface area contributed by atoms with Crippen LogP contribution in [0.15, 0.2) is 176 Å². The standard InChI is InChI=1S/C45H29N3/c1-4-14-30(15-5-1)31-24-26-33(27-25-31)45-46-43(32-16-6-2-7-17-32)44-39-28-38-36-21-11-12-22-40(36)47(34-18-8-3-9-19-34)42(38)29-37(39)35-20-10-13-23-41(35)48(44)45/h1-29H. The van der Waals surface area contributed by atoms with Gasteiger partial charge < -0.3 is 4.57 Å². The van der Waals surface area contributed by atoms with Crippen molar-refractivity contribution in [3.05, 3.63) is 176 Å². The molecule has 3 heteroatoms. The molecule has 0 saturated carbocycles. The highest BCUT2D eigenvalue weighted by molar-refractivity contribution is 6.23. The molecule has 3 heterocycles. The Bertz CT molecular complexity index is 2790. The summed E-state index contributed by atoms with van der Waals surface area (Å²) in [5.41, 5.74) is 11.4. The molecular formula is C45H29N3. The molecule has 0 amide bonds. The van der Waals surface area contributed by atoms with Crippen LogP contribution in [-0.4, -0.2) is 14.0 Å². The quantitative estimate of drug-likeness (QED) is 0.182. The van der Waals surface area contributed by atoms with E-state index < -0.39 is 0 Å². The summed E-state index contributed by atoms with van der Waals surface area (Å²) in [6.07, 6.45) is 0. The SMILES string of the molecule is c1ccc(-c2ccc(-c3nc(-c4ccccc4)c4c5cc6c7ccccc7n(-c7ccccc7)c6cc5c5ccccc5n34)cc2)cc1. The number of aromatic nitrogens is 3. The van der Waals surface area contributed by atoms with E-state index in [9.17, 15) is 0 Å². The van der Waals surface area contributed by atoms with Crippen molar-refractivity contribution in [2.75, 3.05) is 0 Å². The van der Waals surface area contributed by atoms with E-state index in [0.29, 0.717) is 0 Å². The first-order chi connectivity index (χ1) is 23.8. The van der Waals surface area contributed by atoms with Crippen LogP contribution in [0.5, 0.6) is 0 Å². The van der Waals surface area contributed by atoms with Crippen molar-refractivity contribution in [1.29, 1.82) is 0 Å². The van der Waals surface area contributed by atoms with Crippen LogP contribution in [0.3, 0.4) is 0 Å². The number of benzene rings is 7. The molecule has 3 aromatic heterocycles. The minimum absolute atomic E-state index is 0.938. The maximum Gasteiger partial charge on any atom is 0.145 e.